The quantitative estimate of drug-likeness (QED) is 0.146. The van der Waals surface area contributed by atoms with Crippen molar-refractivity contribution in [1.29, 1.82) is 0 Å². The van der Waals surface area contributed by atoms with E-state index in [2.05, 4.69) is 37.5 Å². The van der Waals surface area contributed by atoms with Gasteiger partial charge in [0.2, 0.25) is 0 Å². The van der Waals surface area contributed by atoms with Crippen LogP contribution in [-0.2, 0) is 18.9 Å². The summed E-state index contributed by atoms with van der Waals surface area (Å²) in [4.78, 5) is 25.1. The molecule has 39 heavy (non-hydrogen) atoms. The van der Waals surface area contributed by atoms with E-state index in [1.165, 1.54) is 5.57 Å². The zero-order valence-corrected chi connectivity index (χ0v) is 25.6. The fourth-order valence-electron chi connectivity index (χ4n) is 5.82. The third-order valence-electron chi connectivity index (χ3n) is 8.40. The molecule has 0 bridgehead atoms. The highest BCUT2D eigenvalue weighted by atomic mass is 32.2. The number of rotatable bonds is 15. The van der Waals surface area contributed by atoms with E-state index in [4.69, 9.17) is 24.7 Å². The number of epoxide rings is 1. The lowest BCUT2D eigenvalue weighted by atomic mass is 9.68. The molecule has 3 fully saturated rings. The minimum absolute atomic E-state index is 0.0215. The first-order chi connectivity index (χ1) is 18.6. The van der Waals surface area contributed by atoms with Gasteiger partial charge in [-0.1, -0.05) is 38.3 Å². The Morgan fingerprint density at radius 2 is 1.90 bits per heavy atom. The third-order valence-corrected chi connectivity index (χ3v) is 10.2. The van der Waals surface area contributed by atoms with Gasteiger partial charge in [0, 0.05) is 29.6 Å². The Hall–Kier alpha value is -1.49. The van der Waals surface area contributed by atoms with Gasteiger partial charge in [0.25, 0.3) is 0 Å². The van der Waals surface area contributed by atoms with Crippen molar-refractivity contribution in [1.82, 2.24) is 10.6 Å². The number of unbranched alkanes of at least 4 members (excludes halogenated alkanes) is 3. The van der Waals surface area contributed by atoms with Crippen molar-refractivity contribution in [2.45, 2.75) is 113 Å². The molecule has 0 aromatic carbocycles. The molecule has 3 rings (SSSR count). The van der Waals surface area contributed by atoms with Crippen LogP contribution in [0, 0.1) is 11.8 Å². The Morgan fingerprint density at radius 3 is 2.51 bits per heavy atom. The number of ether oxygens (including phenoxy) is 4. The van der Waals surface area contributed by atoms with Crippen molar-refractivity contribution >= 4 is 23.9 Å². The number of nitrogens with one attached hydrogen (secondary N) is 2. The maximum Gasteiger partial charge on any atom is 0.407 e. The minimum atomic E-state index is -0.509. The molecule has 9 nitrogen and oxygen atoms in total. The average Bonchev–Trinajstić information content (AvgIpc) is 3.80. The summed E-state index contributed by atoms with van der Waals surface area (Å²) >= 11 is 1.98. The molecular formula is C29H51N3O6S. The number of amides is 2. The highest BCUT2D eigenvalue weighted by Crippen LogP contribution is 2.67. The largest absolute Gasteiger partial charge is 0.447 e. The molecule has 1 spiro atoms. The Bertz CT molecular complexity index is 847. The SMILES string of the molecule is COC1C(OC(=O)N[C@@H](COC(=O)NCCCCCCN)C(C)C)CC[C@]2(CO2)C1[C@]1(C)SC1CC=C(C)C. The van der Waals surface area contributed by atoms with Gasteiger partial charge in [-0.05, 0) is 65.3 Å². The van der Waals surface area contributed by atoms with Crippen LogP contribution in [0.3, 0.4) is 0 Å². The Balaban J connectivity index is 1.51. The monoisotopic (exact) mass is 569 g/mol. The summed E-state index contributed by atoms with van der Waals surface area (Å²) in [5.41, 5.74) is 6.65. The molecule has 2 amide bonds. The Morgan fingerprint density at radius 1 is 1.18 bits per heavy atom. The predicted octanol–water partition coefficient (Wildman–Crippen LogP) is 4.78. The molecule has 0 aromatic heterocycles. The van der Waals surface area contributed by atoms with E-state index in [0.717, 1.165) is 45.1 Å². The summed E-state index contributed by atoms with van der Waals surface area (Å²) < 4.78 is 23.5. The molecule has 10 heteroatoms. The van der Waals surface area contributed by atoms with Crippen molar-refractivity contribution in [3.63, 3.8) is 0 Å². The van der Waals surface area contributed by atoms with Crippen molar-refractivity contribution in [2.75, 3.05) is 33.4 Å². The molecule has 4 unspecified atom stereocenters. The lowest BCUT2D eigenvalue weighted by molar-refractivity contribution is -0.106. The number of methoxy groups -OCH3 is 1. The predicted molar refractivity (Wildman–Crippen MR) is 155 cm³/mol. The van der Waals surface area contributed by atoms with Gasteiger partial charge < -0.3 is 35.3 Å². The Kier molecular flexibility index (Phi) is 11.8. The van der Waals surface area contributed by atoms with E-state index in [-0.39, 0.29) is 47.0 Å². The number of carbonyl (C=O) groups excluding carboxylic acids is 2. The highest BCUT2D eigenvalue weighted by molar-refractivity contribution is 8.08. The molecular weight excluding hydrogens is 518 g/mol. The van der Waals surface area contributed by atoms with E-state index < -0.39 is 12.2 Å². The summed E-state index contributed by atoms with van der Waals surface area (Å²) in [6.07, 6.45) is 7.23. The fraction of sp³-hybridized carbons (Fsp3) is 0.862. The van der Waals surface area contributed by atoms with E-state index in [1.807, 2.05) is 25.6 Å². The minimum Gasteiger partial charge on any atom is -0.447 e. The number of allylic oxidation sites excluding steroid dienone is 2. The second-order valence-electron chi connectivity index (χ2n) is 12.0. The molecule has 0 aromatic rings. The van der Waals surface area contributed by atoms with Gasteiger partial charge in [-0.25, -0.2) is 9.59 Å². The van der Waals surface area contributed by atoms with Crippen LogP contribution >= 0.6 is 11.8 Å². The van der Waals surface area contributed by atoms with Crippen molar-refractivity contribution in [2.24, 2.45) is 17.6 Å². The number of hydrogen-bond donors (Lipinski definition) is 3. The third kappa shape index (κ3) is 8.75. The summed E-state index contributed by atoms with van der Waals surface area (Å²) in [5, 5.41) is 6.20. The van der Waals surface area contributed by atoms with Gasteiger partial charge in [0.1, 0.15) is 18.8 Å². The molecule has 2 aliphatic heterocycles. The lowest BCUT2D eigenvalue weighted by Gasteiger charge is -2.43. The zero-order valence-electron chi connectivity index (χ0n) is 24.8. The van der Waals surface area contributed by atoms with Crippen LogP contribution in [0.25, 0.3) is 0 Å². The first-order valence-corrected chi connectivity index (χ1v) is 15.5. The average molecular weight is 570 g/mol. The van der Waals surface area contributed by atoms with Crippen LogP contribution in [-0.4, -0.2) is 79.4 Å². The standard InChI is InChI=1S/C29H51N3O6S/c1-19(2)11-12-23-28(5,39-23)25-24(35-6)22(13-14-29(25)18-37-29)38-27(34)32-21(20(3)4)17-36-26(33)31-16-10-8-7-9-15-30/h11,20-25H,7-10,12-18,30H2,1-6H3,(H,31,33)(H,32,34)/t21-,22?,23?,24?,25?,28+,29-/m0/s1. The van der Waals surface area contributed by atoms with Crippen LogP contribution < -0.4 is 16.4 Å². The van der Waals surface area contributed by atoms with Crippen molar-refractivity contribution in [3.05, 3.63) is 11.6 Å². The normalized spacial score (nSPS) is 31.9. The zero-order chi connectivity index (χ0) is 28.6. The van der Waals surface area contributed by atoms with Crippen LogP contribution in [0.5, 0.6) is 0 Å². The van der Waals surface area contributed by atoms with Crippen LogP contribution in [0.15, 0.2) is 11.6 Å². The summed E-state index contributed by atoms with van der Waals surface area (Å²) in [6.45, 7) is 12.6. The van der Waals surface area contributed by atoms with E-state index in [1.54, 1.807) is 7.11 Å². The van der Waals surface area contributed by atoms with Gasteiger partial charge >= 0.3 is 12.2 Å². The number of alkyl carbamates (subject to hydrolysis) is 2. The van der Waals surface area contributed by atoms with E-state index >= 15 is 0 Å². The van der Waals surface area contributed by atoms with E-state index in [0.29, 0.717) is 24.8 Å². The first-order valence-electron chi connectivity index (χ1n) is 14.6. The summed E-state index contributed by atoms with van der Waals surface area (Å²) in [6, 6.07) is -0.365. The summed E-state index contributed by atoms with van der Waals surface area (Å²) in [7, 11) is 1.70. The second kappa shape index (κ2) is 14.4. The molecule has 224 valence electrons. The number of thioether (sulfide) groups is 1. The molecule has 4 N–H and O–H groups in total. The van der Waals surface area contributed by atoms with Crippen molar-refractivity contribution < 1.29 is 28.5 Å². The first kappa shape index (κ1) is 32.0. The smallest absolute Gasteiger partial charge is 0.407 e. The molecule has 2 heterocycles. The Labute approximate surface area is 239 Å². The van der Waals surface area contributed by atoms with Crippen molar-refractivity contribution in [3.8, 4) is 0 Å². The topological polar surface area (TPSA) is 124 Å². The van der Waals surface area contributed by atoms with E-state index in [9.17, 15) is 9.59 Å². The maximum absolute atomic E-state index is 13.0. The summed E-state index contributed by atoms with van der Waals surface area (Å²) in [5.74, 6) is 0.199. The molecule has 1 aliphatic carbocycles. The molecule has 3 aliphatic rings. The van der Waals surface area contributed by atoms with Crippen LogP contribution in [0.1, 0.15) is 79.6 Å². The molecule has 1 saturated carbocycles. The number of carbonyl (C=O) groups is 2. The van der Waals surface area contributed by atoms with Gasteiger partial charge in [-0.15, -0.1) is 11.8 Å². The molecule has 7 atom stereocenters. The highest BCUT2D eigenvalue weighted by Gasteiger charge is 2.71. The molecule has 2 saturated heterocycles. The van der Waals surface area contributed by atoms with Gasteiger partial charge in [0.05, 0.1) is 18.2 Å². The number of hydrogen-bond acceptors (Lipinski definition) is 8. The molecule has 0 radical (unpaired) electrons. The van der Waals surface area contributed by atoms with Gasteiger partial charge in [0.15, 0.2) is 0 Å². The maximum atomic E-state index is 13.0. The van der Waals surface area contributed by atoms with Gasteiger partial charge in [-0.3, -0.25) is 0 Å². The second-order valence-corrected chi connectivity index (χ2v) is 13.7. The fourth-order valence-corrected chi connectivity index (χ4v) is 7.30. The van der Waals surface area contributed by atoms with Crippen LogP contribution in [0.4, 0.5) is 9.59 Å². The van der Waals surface area contributed by atoms with Crippen LogP contribution in [0.2, 0.25) is 0 Å². The van der Waals surface area contributed by atoms with Gasteiger partial charge in [-0.2, -0.15) is 0 Å². The lowest BCUT2D eigenvalue weighted by Crippen LogP contribution is -2.56. The number of nitrogens with two attached hydrogens (primary N) is 1.